The van der Waals surface area contributed by atoms with E-state index in [1.165, 1.54) is 6.20 Å². The maximum Gasteiger partial charge on any atom is 0.320 e. The number of nitrogens with zero attached hydrogens (tertiary/aromatic N) is 2. The van der Waals surface area contributed by atoms with E-state index in [1.807, 2.05) is 0 Å². The number of hydrogen-bond acceptors (Lipinski definition) is 3. The van der Waals surface area contributed by atoms with Crippen molar-refractivity contribution in [2.24, 2.45) is 0 Å². The third-order valence-corrected chi connectivity index (χ3v) is 3.50. The molecular weight excluding hydrogens is 291 g/mol. The molecule has 0 spiro atoms. The lowest BCUT2D eigenvalue weighted by Crippen LogP contribution is -2.35. The summed E-state index contributed by atoms with van der Waals surface area (Å²) in [6.45, 7) is 1.00. The van der Waals surface area contributed by atoms with E-state index in [9.17, 15) is 9.18 Å². The van der Waals surface area contributed by atoms with Crippen LogP contribution in [0, 0.1) is 5.82 Å². The van der Waals surface area contributed by atoms with Crippen LogP contribution in [0.15, 0.2) is 16.9 Å². The second-order valence-electron chi connectivity index (χ2n) is 4.04. The molecule has 17 heavy (non-hydrogen) atoms. The standard InChI is InChI=1S/C11H12BrFN2O2/c12-10-9(13)7(3-4-14-10)6-15-5-1-2-8(15)11(16)17/h3-4,8H,1-2,5-6H2,(H,16,17). The summed E-state index contributed by atoms with van der Waals surface area (Å²) in [7, 11) is 0. The molecule has 1 aromatic heterocycles. The van der Waals surface area contributed by atoms with E-state index in [-0.39, 0.29) is 4.60 Å². The van der Waals surface area contributed by atoms with Crippen molar-refractivity contribution >= 4 is 21.9 Å². The minimum atomic E-state index is -0.837. The number of pyridine rings is 1. The summed E-state index contributed by atoms with van der Waals surface area (Å²) in [6.07, 6.45) is 2.97. The van der Waals surface area contributed by atoms with Gasteiger partial charge in [0.2, 0.25) is 0 Å². The molecule has 92 valence electrons. The number of carbonyl (C=O) groups is 1. The topological polar surface area (TPSA) is 53.4 Å². The fourth-order valence-electron chi connectivity index (χ4n) is 2.09. The molecule has 6 heteroatoms. The van der Waals surface area contributed by atoms with Gasteiger partial charge < -0.3 is 5.11 Å². The van der Waals surface area contributed by atoms with Crippen LogP contribution >= 0.6 is 15.9 Å². The van der Waals surface area contributed by atoms with Crippen LogP contribution in [0.3, 0.4) is 0 Å². The zero-order valence-electron chi connectivity index (χ0n) is 9.07. The van der Waals surface area contributed by atoms with Crippen LogP contribution in [0.1, 0.15) is 18.4 Å². The predicted molar refractivity (Wildman–Crippen MR) is 63.0 cm³/mol. The average Bonchev–Trinajstić information content (AvgIpc) is 2.73. The van der Waals surface area contributed by atoms with E-state index < -0.39 is 17.8 Å². The van der Waals surface area contributed by atoms with E-state index in [1.54, 1.807) is 11.0 Å². The molecular formula is C11H12BrFN2O2. The molecule has 1 aromatic rings. The molecule has 1 atom stereocenters. The number of likely N-dealkylation sites (tertiary alicyclic amines) is 1. The van der Waals surface area contributed by atoms with Gasteiger partial charge in [-0.3, -0.25) is 9.69 Å². The number of aromatic nitrogens is 1. The molecule has 1 N–H and O–H groups in total. The minimum absolute atomic E-state index is 0.168. The zero-order chi connectivity index (χ0) is 12.4. The highest BCUT2D eigenvalue weighted by Crippen LogP contribution is 2.23. The molecule has 2 rings (SSSR count). The van der Waals surface area contributed by atoms with Crippen molar-refractivity contribution < 1.29 is 14.3 Å². The molecule has 1 saturated heterocycles. The Labute approximate surface area is 107 Å². The second kappa shape index (κ2) is 5.10. The molecule has 0 saturated carbocycles. The first kappa shape index (κ1) is 12.4. The van der Waals surface area contributed by atoms with E-state index in [0.29, 0.717) is 25.1 Å². The second-order valence-corrected chi connectivity index (χ2v) is 4.79. The van der Waals surface area contributed by atoms with Crippen LogP contribution in [0.5, 0.6) is 0 Å². The van der Waals surface area contributed by atoms with Gasteiger partial charge in [0.15, 0.2) is 5.82 Å². The van der Waals surface area contributed by atoms with E-state index in [0.717, 1.165) is 6.42 Å². The van der Waals surface area contributed by atoms with Crippen molar-refractivity contribution in [2.45, 2.75) is 25.4 Å². The molecule has 1 aliphatic heterocycles. The Morgan fingerprint density at radius 3 is 3.18 bits per heavy atom. The SMILES string of the molecule is O=C(O)C1CCCN1Cc1ccnc(Br)c1F. The van der Waals surface area contributed by atoms with Gasteiger partial charge in [0.05, 0.1) is 0 Å². The molecule has 0 amide bonds. The average molecular weight is 303 g/mol. The first-order valence-electron chi connectivity index (χ1n) is 5.35. The normalized spacial score (nSPS) is 20.7. The monoisotopic (exact) mass is 302 g/mol. The van der Waals surface area contributed by atoms with Gasteiger partial charge in [0, 0.05) is 18.3 Å². The number of halogens is 2. The van der Waals surface area contributed by atoms with E-state index in [2.05, 4.69) is 20.9 Å². The van der Waals surface area contributed by atoms with Gasteiger partial charge in [-0.2, -0.15) is 0 Å². The Morgan fingerprint density at radius 1 is 1.71 bits per heavy atom. The third kappa shape index (κ3) is 2.63. The Balaban J connectivity index is 2.15. The molecule has 0 aromatic carbocycles. The fourth-order valence-corrected chi connectivity index (χ4v) is 2.46. The number of aliphatic carboxylic acids is 1. The number of carboxylic acid groups (broad SMARTS) is 1. The summed E-state index contributed by atoms with van der Waals surface area (Å²) < 4.78 is 13.9. The highest BCUT2D eigenvalue weighted by molar-refractivity contribution is 9.10. The lowest BCUT2D eigenvalue weighted by molar-refractivity contribution is -0.142. The molecule has 1 unspecified atom stereocenters. The quantitative estimate of drug-likeness (QED) is 0.868. The van der Waals surface area contributed by atoms with Gasteiger partial charge in [-0.15, -0.1) is 0 Å². The lowest BCUT2D eigenvalue weighted by Gasteiger charge is -2.21. The summed E-state index contributed by atoms with van der Waals surface area (Å²) in [4.78, 5) is 16.6. The van der Waals surface area contributed by atoms with Gasteiger partial charge in [0.25, 0.3) is 0 Å². The number of carboxylic acids is 1. The maximum atomic E-state index is 13.7. The van der Waals surface area contributed by atoms with Crippen LogP contribution in [-0.2, 0) is 11.3 Å². The molecule has 4 nitrogen and oxygen atoms in total. The number of hydrogen-bond donors (Lipinski definition) is 1. The largest absolute Gasteiger partial charge is 0.480 e. The van der Waals surface area contributed by atoms with Crippen LogP contribution in [-0.4, -0.2) is 33.5 Å². The first-order valence-corrected chi connectivity index (χ1v) is 6.14. The lowest BCUT2D eigenvalue weighted by atomic mass is 10.2. The summed E-state index contributed by atoms with van der Waals surface area (Å²) in [5.41, 5.74) is 0.472. The molecule has 1 fully saturated rings. The summed E-state index contributed by atoms with van der Waals surface area (Å²) >= 11 is 3.02. The summed E-state index contributed by atoms with van der Waals surface area (Å²) in [5.74, 6) is -1.25. The van der Waals surface area contributed by atoms with Crippen LogP contribution < -0.4 is 0 Å². The van der Waals surface area contributed by atoms with Crippen molar-refractivity contribution in [1.29, 1.82) is 0 Å². The van der Waals surface area contributed by atoms with Crippen molar-refractivity contribution in [2.75, 3.05) is 6.54 Å². The molecule has 0 aliphatic carbocycles. The Kier molecular flexibility index (Phi) is 3.73. The Bertz CT molecular complexity index is 441. The summed E-state index contributed by atoms with van der Waals surface area (Å²) in [5, 5.41) is 9.03. The first-order chi connectivity index (χ1) is 8.09. The molecule has 0 bridgehead atoms. The van der Waals surface area contributed by atoms with Crippen molar-refractivity contribution in [3.05, 3.63) is 28.2 Å². The summed E-state index contributed by atoms with van der Waals surface area (Å²) in [6, 6.07) is 1.08. The van der Waals surface area contributed by atoms with Crippen molar-refractivity contribution in [1.82, 2.24) is 9.88 Å². The van der Waals surface area contributed by atoms with Crippen LogP contribution in [0.25, 0.3) is 0 Å². The van der Waals surface area contributed by atoms with Gasteiger partial charge in [-0.05, 0) is 41.4 Å². The van der Waals surface area contributed by atoms with Gasteiger partial charge in [-0.1, -0.05) is 0 Å². The van der Waals surface area contributed by atoms with E-state index in [4.69, 9.17) is 5.11 Å². The Morgan fingerprint density at radius 2 is 2.47 bits per heavy atom. The molecule has 2 heterocycles. The molecule has 1 aliphatic rings. The van der Waals surface area contributed by atoms with E-state index >= 15 is 0 Å². The van der Waals surface area contributed by atoms with Crippen LogP contribution in [0.2, 0.25) is 0 Å². The van der Waals surface area contributed by atoms with Crippen LogP contribution in [0.4, 0.5) is 4.39 Å². The van der Waals surface area contributed by atoms with Gasteiger partial charge in [-0.25, -0.2) is 9.37 Å². The minimum Gasteiger partial charge on any atom is -0.480 e. The predicted octanol–water partition coefficient (Wildman–Crippen LogP) is 2.03. The van der Waals surface area contributed by atoms with Gasteiger partial charge in [0.1, 0.15) is 10.6 Å². The zero-order valence-corrected chi connectivity index (χ0v) is 10.7. The number of rotatable bonds is 3. The van der Waals surface area contributed by atoms with Crippen molar-refractivity contribution in [3.8, 4) is 0 Å². The molecule has 0 radical (unpaired) electrons. The smallest absolute Gasteiger partial charge is 0.320 e. The highest BCUT2D eigenvalue weighted by Gasteiger charge is 2.30. The maximum absolute atomic E-state index is 13.7. The third-order valence-electron chi connectivity index (χ3n) is 2.95. The van der Waals surface area contributed by atoms with Crippen molar-refractivity contribution in [3.63, 3.8) is 0 Å². The fraction of sp³-hybridized carbons (Fsp3) is 0.455. The van der Waals surface area contributed by atoms with Gasteiger partial charge >= 0.3 is 5.97 Å². The Hall–Kier alpha value is -1.01. The highest BCUT2D eigenvalue weighted by atomic mass is 79.9.